The van der Waals surface area contributed by atoms with Gasteiger partial charge < -0.3 is 9.30 Å². The summed E-state index contributed by atoms with van der Waals surface area (Å²) in [4.78, 5) is 7.13. The lowest BCUT2D eigenvalue weighted by Gasteiger charge is -2.31. The van der Waals surface area contributed by atoms with Crippen molar-refractivity contribution in [2.75, 3.05) is 32.8 Å². The quantitative estimate of drug-likeness (QED) is 0.866. The van der Waals surface area contributed by atoms with Crippen LogP contribution in [0.4, 0.5) is 0 Å². The molecule has 1 fully saturated rings. The van der Waals surface area contributed by atoms with Crippen LogP contribution in [0, 0.1) is 13.8 Å². The van der Waals surface area contributed by atoms with Gasteiger partial charge in [-0.3, -0.25) is 9.88 Å². The van der Waals surface area contributed by atoms with Crippen LogP contribution in [0.25, 0.3) is 11.0 Å². The number of ether oxygens (including phenoxy) is 1. The largest absolute Gasteiger partial charge is 0.379 e. The topological polar surface area (TPSA) is 30.3 Å². The molecule has 114 valence electrons. The Kier molecular flexibility index (Phi) is 4.27. The van der Waals surface area contributed by atoms with Gasteiger partial charge in [-0.2, -0.15) is 0 Å². The van der Waals surface area contributed by atoms with Crippen molar-refractivity contribution in [3.05, 3.63) is 29.6 Å². The molecular weight excluding hydrogens is 262 g/mol. The zero-order chi connectivity index (χ0) is 14.8. The summed E-state index contributed by atoms with van der Waals surface area (Å²) in [5.74, 6) is 0. The second-order valence-electron chi connectivity index (χ2n) is 6.07. The van der Waals surface area contributed by atoms with E-state index in [-0.39, 0.29) is 0 Å². The molecule has 1 atom stereocenters. The predicted octanol–water partition coefficient (Wildman–Crippen LogP) is 2.94. The highest BCUT2D eigenvalue weighted by molar-refractivity contribution is 5.80. The van der Waals surface area contributed by atoms with Gasteiger partial charge in [0.25, 0.3) is 0 Å². The van der Waals surface area contributed by atoms with E-state index in [1.54, 1.807) is 0 Å². The highest BCUT2D eigenvalue weighted by Gasteiger charge is 2.19. The molecule has 0 saturated carbocycles. The Morgan fingerprint density at radius 3 is 2.76 bits per heavy atom. The maximum atomic E-state index is 5.45. The number of aromatic nitrogens is 2. The van der Waals surface area contributed by atoms with Gasteiger partial charge in [0.15, 0.2) is 0 Å². The maximum absolute atomic E-state index is 5.45. The van der Waals surface area contributed by atoms with Crippen molar-refractivity contribution >= 4 is 11.0 Å². The third kappa shape index (κ3) is 2.97. The van der Waals surface area contributed by atoms with Crippen LogP contribution in [-0.4, -0.2) is 47.3 Å². The molecule has 0 radical (unpaired) electrons. The van der Waals surface area contributed by atoms with Crippen molar-refractivity contribution in [2.24, 2.45) is 0 Å². The molecule has 0 amide bonds. The third-order valence-electron chi connectivity index (χ3n) is 4.43. The number of pyridine rings is 1. The van der Waals surface area contributed by atoms with Crippen LogP contribution in [0.2, 0.25) is 0 Å². The number of hydrogen-bond acceptors (Lipinski definition) is 3. The van der Waals surface area contributed by atoms with Crippen LogP contribution in [-0.2, 0) is 4.74 Å². The molecule has 4 nitrogen and oxygen atoms in total. The second kappa shape index (κ2) is 6.16. The monoisotopic (exact) mass is 287 g/mol. The fourth-order valence-electron chi connectivity index (χ4n) is 3.19. The SMILES string of the molecule is CC[C@H](CN1CCOCC1)n1cc(C)c2ncc(C)cc21. The zero-order valence-electron chi connectivity index (χ0n) is 13.3. The van der Waals surface area contributed by atoms with E-state index < -0.39 is 0 Å². The van der Waals surface area contributed by atoms with Crippen molar-refractivity contribution in [2.45, 2.75) is 33.2 Å². The molecule has 2 aromatic rings. The summed E-state index contributed by atoms with van der Waals surface area (Å²) in [5, 5.41) is 0. The molecule has 1 aliphatic rings. The lowest BCUT2D eigenvalue weighted by atomic mass is 10.2. The highest BCUT2D eigenvalue weighted by Crippen LogP contribution is 2.25. The maximum Gasteiger partial charge on any atom is 0.0910 e. The minimum atomic E-state index is 0.503. The summed E-state index contributed by atoms with van der Waals surface area (Å²) in [6.45, 7) is 11.5. The lowest BCUT2D eigenvalue weighted by Crippen LogP contribution is -2.39. The molecule has 0 aliphatic carbocycles. The Balaban J connectivity index is 1.90. The first-order valence-electron chi connectivity index (χ1n) is 7.93. The van der Waals surface area contributed by atoms with E-state index in [0.717, 1.165) is 44.8 Å². The normalized spacial score (nSPS) is 18.2. The molecule has 0 bridgehead atoms. The number of hydrogen-bond donors (Lipinski definition) is 0. The minimum absolute atomic E-state index is 0.503. The van der Waals surface area contributed by atoms with Crippen molar-refractivity contribution in [3.8, 4) is 0 Å². The van der Waals surface area contributed by atoms with E-state index in [1.807, 2.05) is 6.20 Å². The summed E-state index contributed by atoms with van der Waals surface area (Å²) in [6, 6.07) is 2.76. The fourth-order valence-corrected chi connectivity index (χ4v) is 3.19. The van der Waals surface area contributed by atoms with Gasteiger partial charge in [0.2, 0.25) is 0 Å². The molecule has 1 aliphatic heterocycles. The first-order valence-corrected chi connectivity index (χ1v) is 7.93. The first kappa shape index (κ1) is 14.5. The van der Waals surface area contributed by atoms with E-state index in [4.69, 9.17) is 4.74 Å². The highest BCUT2D eigenvalue weighted by atomic mass is 16.5. The molecule has 1 saturated heterocycles. The van der Waals surface area contributed by atoms with E-state index in [2.05, 4.69) is 47.5 Å². The summed E-state index contributed by atoms with van der Waals surface area (Å²) in [5.41, 5.74) is 4.90. The summed E-state index contributed by atoms with van der Waals surface area (Å²) in [6.07, 6.45) is 5.36. The van der Waals surface area contributed by atoms with Crippen LogP contribution < -0.4 is 0 Å². The Morgan fingerprint density at radius 1 is 1.29 bits per heavy atom. The lowest BCUT2D eigenvalue weighted by molar-refractivity contribution is 0.0315. The van der Waals surface area contributed by atoms with Crippen LogP contribution >= 0.6 is 0 Å². The number of aryl methyl sites for hydroxylation is 2. The van der Waals surface area contributed by atoms with Crippen molar-refractivity contribution < 1.29 is 4.74 Å². The third-order valence-corrected chi connectivity index (χ3v) is 4.43. The molecule has 0 aromatic carbocycles. The van der Waals surface area contributed by atoms with E-state index in [0.29, 0.717) is 6.04 Å². The van der Waals surface area contributed by atoms with Gasteiger partial charge >= 0.3 is 0 Å². The number of morpholine rings is 1. The molecular formula is C17H25N3O. The van der Waals surface area contributed by atoms with Gasteiger partial charge in [-0.05, 0) is 37.5 Å². The van der Waals surface area contributed by atoms with Gasteiger partial charge in [0, 0.05) is 38.1 Å². The summed E-state index contributed by atoms with van der Waals surface area (Å²) < 4.78 is 7.88. The van der Waals surface area contributed by atoms with Crippen LogP contribution in [0.1, 0.15) is 30.5 Å². The molecule has 3 heterocycles. The van der Waals surface area contributed by atoms with Gasteiger partial charge in [0.05, 0.1) is 24.2 Å². The molecule has 0 N–H and O–H groups in total. The van der Waals surface area contributed by atoms with Crippen LogP contribution in [0.5, 0.6) is 0 Å². The minimum Gasteiger partial charge on any atom is -0.379 e. The molecule has 4 heteroatoms. The standard InChI is InChI=1S/C17H25N3O/c1-4-15(12-19-5-7-21-8-6-19)20-11-14(3)17-16(20)9-13(2)10-18-17/h9-11,15H,4-8,12H2,1-3H3/t15-/m1/s1. The van der Waals surface area contributed by atoms with Crippen LogP contribution in [0.3, 0.4) is 0 Å². The van der Waals surface area contributed by atoms with E-state index in [1.165, 1.54) is 16.6 Å². The zero-order valence-corrected chi connectivity index (χ0v) is 13.3. The van der Waals surface area contributed by atoms with E-state index >= 15 is 0 Å². The average Bonchev–Trinajstić information content (AvgIpc) is 2.82. The van der Waals surface area contributed by atoms with Crippen molar-refractivity contribution in [1.82, 2.24) is 14.5 Å². The molecule has 3 rings (SSSR count). The first-order chi connectivity index (χ1) is 10.2. The van der Waals surface area contributed by atoms with Crippen molar-refractivity contribution in [1.29, 1.82) is 0 Å². The Labute approximate surface area is 126 Å². The smallest absolute Gasteiger partial charge is 0.0910 e. The number of fused-ring (bicyclic) bond motifs is 1. The molecule has 2 aromatic heterocycles. The Morgan fingerprint density at radius 2 is 2.05 bits per heavy atom. The molecule has 0 spiro atoms. The Bertz CT molecular complexity index is 614. The average molecular weight is 287 g/mol. The molecule has 21 heavy (non-hydrogen) atoms. The number of nitrogens with zero attached hydrogens (tertiary/aromatic N) is 3. The summed E-state index contributed by atoms with van der Waals surface area (Å²) in [7, 11) is 0. The van der Waals surface area contributed by atoms with Gasteiger partial charge in [-0.15, -0.1) is 0 Å². The summed E-state index contributed by atoms with van der Waals surface area (Å²) >= 11 is 0. The van der Waals surface area contributed by atoms with E-state index in [9.17, 15) is 0 Å². The van der Waals surface area contributed by atoms with Gasteiger partial charge in [-0.1, -0.05) is 6.92 Å². The van der Waals surface area contributed by atoms with Crippen LogP contribution in [0.15, 0.2) is 18.5 Å². The Hall–Kier alpha value is -1.39. The van der Waals surface area contributed by atoms with Gasteiger partial charge in [0.1, 0.15) is 0 Å². The predicted molar refractivity (Wildman–Crippen MR) is 85.8 cm³/mol. The fraction of sp³-hybridized carbons (Fsp3) is 0.588. The molecule has 0 unspecified atom stereocenters. The van der Waals surface area contributed by atoms with Gasteiger partial charge in [-0.25, -0.2) is 0 Å². The second-order valence-corrected chi connectivity index (χ2v) is 6.07. The van der Waals surface area contributed by atoms with Crippen molar-refractivity contribution in [3.63, 3.8) is 0 Å². The number of rotatable bonds is 4.